The van der Waals surface area contributed by atoms with Gasteiger partial charge < -0.3 is 0 Å². The standard InChI is InChI=1S/CH2O3P.5Na/c2-5-3-1-4-5;;;;;/h1H2;;;;;/q+1;;;;;. The van der Waals surface area contributed by atoms with Gasteiger partial charge >= 0.3 is 8.25 Å². The molecule has 0 aromatic rings. The monoisotopic (exact) mass is 208 g/mol. The summed E-state index contributed by atoms with van der Waals surface area (Å²) in [5.74, 6) is 0. The van der Waals surface area contributed by atoms with E-state index in [1.165, 1.54) is 0 Å². The van der Waals surface area contributed by atoms with E-state index >= 15 is 0 Å². The van der Waals surface area contributed by atoms with E-state index in [-0.39, 0.29) is 155 Å². The van der Waals surface area contributed by atoms with Gasteiger partial charge in [-0.2, -0.15) is 0 Å². The first-order chi connectivity index (χ1) is 2.39. The minimum absolute atomic E-state index is 0. The minimum Gasteiger partial charge on any atom is -0.0850 e. The molecule has 0 aliphatic carbocycles. The van der Waals surface area contributed by atoms with Crippen LogP contribution < -0.4 is 0 Å². The summed E-state index contributed by atoms with van der Waals surface area (Å²) in [7, 11) is -1.67. The van der Waals surface area contributed by atoms with Gasteiger partial charge in [-0.1, -0.05) is 9.05 Å². The molecule has 0 amide bonds. The van der Waals surface area contributed by atoms with Crippen LogP contribution in [-0.4, -0.2) is 155 Å². The molecule has 0 aromatic heterocycles. The predicted octanol–water partition coefficient (Wildman–Crippen LogP) is -1.26. The maximum Gasteiger partial charge on any atom is 0.702 e. The molecule has 9 heteroatoms. The van der Waals surface area contributed by atoms with Gasteiger partial charge in [0, 0.05) is 152 Å². The molecule has 10 heavy (non-hydrogen) atoms. The van der Waals surface area contributed by atoms with Crippen molar-refractivity contribution in [3.05, 3.63) is 0 Å². The Morgan fingerprint density at radius 2 is 1.10 bits per heavy atom. The molecule has 0 bridgehead atoms. The third-order valence-electron chi connectivity index (χ3n) is 0.316. The Morgan fingerprint density at radius 3 is 1.10 bits per heavy atom. The van der Waals surface area contributed by atoms with Crippen molar-refractivity contribution in [2.45, 2.75) is 0 Å². The zero-order chi connectivity index (χ0) is 3.70. The van der Waals surface area contributed by atoms with Crippen LogP contribution in [0.5, 0.6) is 0 Å². The Bertz CT molecular complexity index is 63.9. The Hall–Kier alpha value is 5.02. The molecule has 0 aromatic carbocycles. The van der Waals surface area contributed by atoms with Crippen LogP contribution in [0.2, 0.25) is 0 Å². The van der Waals surface area contributed by atoms with Crippen LogP contribution in [0, 0.1) is 0 Å². The molecule has 3 nitrogen and oxygen atoms in total. The van der Waals surface area contributed by atoms with E-state index in [9.17, 15) is 4.57 Å². The maximum absolute atomic E-state index is 9.60. The van der Waals surface area contributed by atoms with E-state index in [1.807, 2.05) is 0 Å². The largest absolute Gasteiger partial charge is 0.702 e. The van der Waals surface area contributed by atoms with Crippen LogP contribution in [-0.2, 0) is 13.6 Å². The first-order valence-electron chi connectivity index (χ1n) is 1.13. The summed E-state index contributed by atoms with van der Waals surface area (Å²) in [6.07, 6.45) is 0. The normalized spacial score (nSPS) is 11.0. The van der Waals surface area contributed by atoms with Gasteiger partial charge in [0.1, 0.15) is 0 Å². The molecular weight excluding hydrogens is 206 g/mol. The van der Waals surface area contributed by atoms with Gasteiger partial charge in [0.15, 0.2) is 0 Å². The fourth-order valence-electron chi connectivity index (χ4n) is 0.0957. The Balaban J connectivity index is -0.0000000167. The molecule has 1 rings (SSSR count). The maximum atomic E-state index is 9.60. The van der Waals surface area contributed by atoms with E-state index in [0.29, 0.717) is 0 Å². The molecule has 1 aliphatic rings. The van der Waals surface area contributed by atoms with Gasteiger partial charge in [-0.3, -0.25) is 0 Å². The van der Waals surface area contributed by atoms with Crippen molar-refractivity contribution in [1.29, 1.82) is 0 Å². The zero-order valence-corrected chi connectivity index (χ0v) is 18.3. The average molecular weight is 208 g/mol. The van der Waals surface area contributed by atoms with E-state index in [0.717, 1.165) is 0 Å². The topological polar surface area (TPSA) is 35.5 Å². The Morgan fingerprint density at radius 1 is 0.900 bits per heavy atom. The van der Waals surface area contributed by atoms with Crippen molar-refractivity contribution in [3.8, 4) is 0 Å². The quantitative estimate of drug-likeness (QED) is 0.368. The van der Waals surface area contributed by atoms with Crippen LogP contribution in [0.4, 0.5) is 0 Å². The molecule has 33 valence electrons. The molecule has 1 aliphatic heterocycles. The van der Waals surface area contributed by atoms with Gasteiger partial charge in [0.05, 0.1) is 0 Å². The summed E-state index contributed by atoms with van der Waals surface area (Å²) in [6, 6.07) is 0. The zero-order valence-electron chi connectivity index (χ0n) is 7.38. The van der Waals surface area contributed by atoms with Gasteiger partial charge in [-0.25, -0.2) is 0 Å². The molecule has 1 saturated heterocycles. The molecule has 0 saturated carbocycles. The molecule has 0 spiro atoms. The van der Waals surface area contributed by atoms with Crippen LogP contribution in [0.15, 0.2) is 0 Å². The van der Waals surface area contributed by atoms with Crippen molar-refractivity contribution < 1.29 is 13.6 Å². The minimum atomic E-state index is -1.67. The third kappa shape index (κ3) is 15.5. The number of hydrogen-bond acceptors (Lipinski definition) is 3. The van der Waals surface area contributed by atoms with E-state index in [1.54, 1.807) is 0 Å². The molecule has 0 unspecified atom stereocenters. The molecule has 1 heterocycles. The Labute approximate surface area is 172 Å². The fraction of sp³-hybridized carbons (Fsp3) is 1.00. The van der Waals surface area contributed by atoms with Gasteiger partial charge in [-0.05, 0) is 0 Å². The van der Waals surface area contributed by atoms with E-state index in [4.69, 9.17) is 0 Å². The molecular formula is CH2Na5O3P+. The molecule has 1 fully saturated rings. The van der Waals surface area contributed by atoms with Crippen molar-refractivity contribution in [2.75, 3.05) is 6.79 Å². The first kappa shape index (κ1) is 29.4. The van der Waals surface area contributed by atoms with Crippen molar-refractivity contribution in [3.63, 3.8) is 0 Å². The summed E-state index contributed by atoms with van der Waals surface area (Å²) < 4.78 is 18.0. The number of hydrogen-bond donors (Lipinski definition) is 0. The van der Waals surface area contributed by atoms with Gasteiger partial charge in [-0.15, -0.1) is 0 Å². The summed E-state index contributed by atoms with van der Waals surface area (Å²) >= 11 is 0. The Kier molecular flexibility index (Phi) is 57.5. The van der Waals surface area contributed by atoms with E-state index in [2.05, 4.69) is 9.05 Å². The summed E-state index contributed by atoms with van der Waals surface area (Å²) in [4.78, 5) is 0. The predicted molar refractivity (Wildman–Crippen MR) is 43.4 cm³/mol. The molecule has 5 radical (unpaired) electrons. The van der Waals surface area contributed by atoms with Crippen LogP contribution in [0.25, 0.3) is 0 Å². The van der Waals surface area contributed by atoms with Crippen molar-refractivity contribution in [1.82, 2.24) is 0 Å². The van der Waals surface area contributed by atoms with E-state index < -0.39 is 8.25 Å². The molecule has 0 N–H and O–H groups in total. The SMILES string of the molecule is O=[P+]1OCO1.[Na].[Na].[Na].[Na].[Na]. The first-order valence-corrected chi connectivity index (χ1v) is 2.22. The second-order valence-electron chi connectivity index (χ2n) is 0.600. The second kappa shape index (κ2) is 19.6. The van der Waals surface area contributed by atoms with Crippen LogP contribution in [0.1, 0.15) is 0 Å². The van der Waals surface area contributed by atoms with Gasteiger partial charge in [0.25, 0.3) is 6.79 Å². The van der Waals surface area contributed by atoms with Crippen molar-refractivity contribution >= 4 is 156 Å². The fourth-order valence-corrected chi connectivity index (χ4v) is 0.287. The molecule has 0 atom stereocenters. The summed E-state index contributed by atoms with van der Waals surface area (Å²) in [6.45, 7) is 0.204. The average Bonchev–Trinajstić information content (AvgIpc) is 1.30. The second-order valence-corrected chi connectivity index (χ2v) is 1.56. The third-order valence-corrected chi connectivity index (χ3v) is 0.949. The number of rotatable bonds is 0. The van der Waals surface area contributed by atoms with Crippen LogP contribution >= 0.6 is 8.25 Å². The smallest absolute Gasteiger partial charge is 0.0850 e. The van der Waals surface area contributed by atoms with Gasteiger partial charge in [0.2, 0.25) is 0 Å². The summed E-state index contributed by atoms with van der Waals surface area (Å²) in [5, 5.41) is 0. The van der Waals surface area contributed by atoms with Crippen LogP contribution in [0.3, 0.4) is 0 Å². The summed E-state index contributed by atoms with van der Waals surface area (Å²) in [5.41, 5.74) is 0. The van der Waals surface area contributed by atoms with Crippen molar-refractivity contribution in [2.24, 2.45) is 0 Å².